The Hall–Kier alpha value is -1.16. The third kappa shape index (κ3) is 1.48. The molecule has 1 aromatic rings. The highest BCUT2D eigenvalue weighted by Gasteiger charge is 2.46. The molecule has 0 aliphatic carbocycles. The fraction of sp³-hybridized carbons (Fsp3) is 0.667. The van der Waals surface area contributed by atoms with Crippen LogP contribution in [0.1, 0.15) is 20.3 Å². The predicted octanol–water partition coefficient (Wildman–Crippen LogP) is 1.15. The molecule has 2 bridgehead atoms. The van der Waals surface area contributed by atoms with Gasteiger partial charge in [-0.2, -0.15) is 0 Å². The van der Waals surface area contributed by atoms with Crippen LogP contribution >= 0.6 is 0 Å². The largest absolute Gasteiger partial charge is 0.338 e. The Kier molecular flexibility index (Phi) is 2.32. The number of hydrogen-bond acceptors (Lipinski definition) is 4. The van der Waals surface area contributed by atoms with Crippen LogP contribution in [0.25, 0.3) is 0 Å². The van der Waals surface area contributed by atoms with Gasteiger partial charge in [0.25, 0.3) is 0 Å². The normalized spacial score (nSPS) is 29.3. The van der Waals surface area contributed by atoms with Gasteiger partial charge in [-0.1, -0.05) is 0 Å². The lowest BCUT2D eigenvalue weighted by atomic mass is 9.86. The van der Waals surface area contributed by atoms with Crippen LogP contribution in [0.3, 0.4) is 0 Å². The summed E-state index contributed by atoms with van der Waals surface area (Å²) in [5.41, 5.74) is 0. The van der Waals surface area contributed by atoms with Crippen molar-refractivity contribution < 1.29 is 0 Å². The van der Waals surface area contributed by atoms with Crippen molar-refractivity contribution in [1.82, 2.24) is 14.9 Å². The van der Waals surface area contributed by atoms with E-state index >= 15 is 0 Å². The van der Waals surface area contributed by atoms with Gasteiger partial charge in [0, 0.05) is 43.6 Å². The number of piperidine rings is 1. The number of fused-ring (bicyclic) bond motifs is 2. The molecule has 0 amide bonds. The highest BCUT2D eigenvalue weighted by atomic mass is 15.4. The van der Waals surface area contributed by atoms with E-state index in [1.165, 1.54) is 6.42 Å². The minimum absolute atomic E-state index is 0.669. The van der Waals surface area contributed by atoms with Crippen molar-refractivity contribution in [3.05, 3.63) is 18.5 Å². The van der Waals surface area contributed by atoms with E-state index < -0.39 is 0 Å². The van der Waals surface area contributed by atoms with E-state index in [4.69, 9.17) is 0 Å². The van der Waals surface area contributed by atoms with Crippen molar-refractivity contribution in [3.63, 3.8) is 0 Å². The first kappa shape index (κ1) is 10.0. The summed E-state index contributed by atoms with van der Waals surface area (Å²) in [7, 11) is 0. The van der Waals surface area contributed by atoms with Crippen molar-refractivity contribution in [2.75, 3.05) is 18.0 Å². The molecule has 3 aliphatic heterocycles. The molecule has 4 rings (SSSR count). The van der Waals surface area contributed by atoms with E-state index in [2.05, 4.69) is 33.6 Å². The van der Waals surface area contributed by atoms with Gasteiger partial charge in [-0.05, 0) is 26.3 Å². The number of hydrogen-bond donors (Lipinski definition) is 0. The summed E-state index contributed by atoms with van der Waals surface area (Å²) in [6.07, 6.45) is 4.99. The monoisotopic (exact) mass is 218 g/mol. The summed E-state index contributed by atoms with van der Waals surface area (Å²) in [6.45, 7) is 6.74. The molecule has 4 heterocycles. The third-order valence-electron chi connectivity index (χ3n) is 3.68. The highest BCUT2D eigenvalue weighted by molar-refractivity contribution is 5.33. The van der Waals surface area contributed by atoms with Crippen LogP contribution in [0.4, 0.5) is 5.95 Å². The Morgan fingerprint density at radius 2 is 1.81 bits per heavy atom. The number of anilines is 1. The fourth-order valence-electron chi connectivity index (χ4n) is 3.10. The zero-order valence-electron chi connectivity index (χ0n) is 9.87. The molecule has 3 aliphatic rings. The van der Waals surface area contributed by atoms with Crippen molar-refractivity contribution in [2.24, 2.45) is 0 Å². The van der Waals surface area contributed by atoms with Crippen LogP contribution in [-0.4, -0.2) is 46.1 Å². The van der Waals surface area contributed by atoms with Gasteiger partial charge in [0.2, 0.25) is 5.95 Å². The molecule has 16 heavy (non-hydrogen) atoms. The first-order chi connectivity index (χ1) is 7.75. The minimum Gasteiger partial charge on any atom is -0.338 e. The first-order valence-corrected chi connectivity index (χ1v) is 6.05. The molecule has 1 aromatic heterocycles. The zero-order chi connectivity index (χ0) is 11.1. The zero-order valence-corrected chi connectivity index (χ0v) is 9.87. The maximum atomic E-state index is 4.32. The minimum atomic E-state index is 0.669. The van der Waals surface area contributed by atoms with Crippen LogP contribution in [0, 0.1) is 0 Å². The highest BCUT2D eigenvalue weighted by Crippen LogP contribution is 2.34. The van der Waals surface area contributed by atoms with E-state index in [9.17, 15) is 0 Å². The lowest BCUT2D eigenvalue weighted by Crippen LogP contribution is -2.70. The van der Waals surface area contributed by atoms with E-state index in [1.54, 1.807) is 0 Å². The molecule has 0 aromatic carbocycles. The molecule has 0 N–H and O–H groups in total. The molecule has 2 unspecified atom stereocenters. The molecule has 2 atom stereocenters. The van der Waals surface area contributed by atoms with Crippen molar-refractivity contribution in [1.29, 1.82) is 0 Å². The van der Waals surface area contributed by atoms with Crippen LogP contribution in [0.15, 0.2) is 18.5 Å². The van der Waals surface area contributed by atoms with E-state index in [1.807, 2.05) is 18.5 Å². The SMILES string of the molecule is CC(C)N1C2CC1CN(c1ncccn1)C2. The van der Waals surface area contributed by atoms with Crippen molar-refractivity contribution in [2.45, 2.75) is 38.4 Å². The maximum absolute atomic E-state index is 4.32. The van der Waals surface area contributed by atoms with Gasteiger partial charge in [-0.15, -0.1) is 0 Å². The number of piperazine rings is 1. The number of aromatic nitrogens is 2. The predicted molar refractivity (Wildman–Crippen MR) is 63.4 cm³/mol. The summed E-state index contributed by atoms with van der Waals surface area (Å²) in [5.74, 6) is 0.889. The second-order valence-corrected chi connectivity index (χ2v) is 5.04. The molecule has 4 nitrogen and oxygen atoms in total. The van der Waals surface area contributed by atoms with E-state index in [0.29, 0.717) is 18.1 Å². The van der Waals surface area contributed by atoms with Crippen LogP contribution in [0.2, 0.25) is 0 Å². The van der Waals surface area contributed by atoms with Crippen LogP contribution in [0.5, 0.6) is 0 Å². The van der Waals surface area contributed by atoms with Crippen molar-refractivity contribution >= 4 is 5.95 Å². The van der Waals surface area contributed by atoms with Gasteiger partial charge in [-0.25, -0.2) is 9.97 Å². The Bertz CT molecular complexity index is 353. The summed E-state index contributed by atoms with van der Waals surface area (Å²) >= 11 is 0. The molecule has 3 saturated heterocycles. The maximum Gasteiger partial charge on any atom is 0.225 e. The van der Waals surface area contributed by atoms with Crippen LogP contribution in [-0.2, 0) is 0 Å². The lowest BCUT2D eigenvalue weighted by Gasteiger charge is -2.58. The Balaban J connectivity index is 1.72. The molecule has 86 valence electrons. The van der Waals surface area contributed by atoms with Gasteiger partial charge < -0.3 is 4.90 Å². The Labute approximate surface area is 96.3 Å². The quantitative estimate of drug-likeness (QED) is 0.745. The van der Waals surface area contributed by atoms with Gasteiger partial charge in [0.15, 0.2) is 0 Å². The Morgan fingerprint density at radius 1 is 1.19 bits per heavy atom. The molecule has 0 saturated carbocycles. The number of rotatable bonds is 2. The van der Waals surface area contributed by atoms with Gasteiger partial charge in [0.1, 0.15) is 0 Å². The molecular formula is C12H18N4. The molecule has 4 heteroatoms. The molecule has 0 radical (unpaired) electrons. The smallest absolute Gasteiger partial charge is 0.225 e. The number of nitrogens with zero attached hydrogens (tertiary/aromatic N) is 4. The summed E-state index contributed by atoms with van der Waals surface area (Å²) in [6, 6.07) is 3.96. The first-order valence-electron chi connectivity index (χ1n) is 6.05. The summed E-state index contributed by atoms with van der Waals surface area (Å²) in [5, 5.41) is 0. The summed E-state index contributed by atoms with van der Waals surface area (Å²) < 4.78 is 0. The fourth-order valence-corrected chi connectivity index (χ4v) is 3.10. The average molecular weight is 218 g/mol. The second kappa shape index (κ2) is 3.70. The molecular weight excluding hydrogens is 200 g/mol. The summed E-state index contributed by atoms with van der Waals surface area (Å²) in [4.78, 5) is 13.6. The molecule has 0 spiro atoms. The topological polar surface area (TPSA) is 32.3 Å². The van der Waals surface area contributed by atoms with Gasteiger partial charge in [-0.3, -0.25) is 4.90 Å². The van der Waals surface area contributed by atoms with Gasteiger partial charge in [0.05, 0.1) is 0 Å². The van der Waals surface area contributed by atoms with Gasteiger partial charge >= 0.3 is 0 Å². The van der Waals surface area contributed by atoms with E-state index in [0.717, 1.165) is 19.0 Å². The Morgan fingerprint density at radius 3 is 2.38 bits per heavy atom. The third-order valence-corrected chi connectivity index (χ3v) is 3.68. The van der Waals surface area contributed by atoms with Crippen molar-refractivity contribution in [3.8, 4) is 0 Å². The van der Waals surface area contributed by atoms with Crippen LogP contribution < -0.4 is 4.90 Å². The lowest BCUT2D eigenvalue weighted by molar-refractivity contribution is -0.0275. The second-order valence-electron chi connectivity index (χ2n) is 5.04. The average Bonchev–Trinajstić information content (AvgIpc) is 2.29. The molecule has 3 fully saturated rings. The van der Waals surface area contributed by atoms with E-state index in [-0.39, 0.29) is 0 Å². The standard InChI is InChI=1S/C12H18N4/c1-9(2)16-10-6-11(16)8-15(7-10)12-13-4-3-5-14-12/h3-5,9-11H,6-8H2,1-2H3.